The van der Waals surface area contributed by atoms with Crippen LogP contribution in [0, 0.1) is 6.92 Å². The zero-order valence-electron chi connectivity index (χ0n) is 9.49. The summed E-state index contributed by atoms with van der Waals surface area (Å²) in [6.45, 7) is 1.97. The number of hydrogen-bond acceptors (Lipinski definition) is 7. The van der Waals surface area contributed by atoms with E-state index in [1.54, 1.807) is 18.5 Å². The van der Waals surface area contributed by atoms with Crippen molar-refractivity contribution in [1.29, 1.82) is 0 Å². The lowest BCUT2D eigenvalue weighted by molar-refractivity contribution is 0.432. The fraction of sp³-hybridized carbons (Fsp3) is 0.0909. The standard InChI is InChI=1S/C11H9N5OS/c1-6-5-7(8(12)18-6)11-15-10(16-17-11)9-13-3-2-4-14-9/h2-5H,12H2,1H3. The van der Waals surface area contributed by atoms with E-state index in [1.165, 1.54) is 11.3 Å². The number of nitrogens with two attached hydrogens (primary N) is 1. The van der Waals surface area contributed by atoms with Gasteiger partial charge in [0.05, 0.1) is 10.6 Å². The van der Waals surface area contributed by atoms with E-state index in [2.05, 4.69) is 20.1 Å². The van der Waals surface area contributed by atoms with Gasteiger partial charge in [0.25, 0.3) is 5.89 Å². The minimum atomic E-state index is 0.355. The van der Waals surface area contributed by atoms with Crippen LogP contribution in [-0.4, -0.2) is 20.1 Å². The number of rotatable bonds is 2. The summed E-state index contributed by atoms with van der Waals surface area (Å²) in [5, 5.41) is 4.51. The Morgan fingerprint density at radius 2 is 2.00 bits per heavy atom. The second-order valence-corrected chi connectivity index (χ2v) is 4.92. The Labute approximate surface area is 107 Å². The van der Waals surface area contributed by atoms with Gasteiger partial charge in [-0.15, -0.1) is 11.3 Å². The van der Waals surface area contributed by atoms with E-state index in [1.807, 2.05) is 13.0 Å². The summed E-state index contributed by atoms with van der Waals surface area (Å²) in [4.78, 5) is 13.5. The fourth-order valence-electron chi connectivity index (χ4n) is 1.54. The summed E-state index contributed by atoms with van der Waals surface area (Å²) in [6, 6.07) is 3.65. The maximum atomic E-state index is 5.88. The molecule has 0 radical (unpaired) electrons. The molecular formula is C11H9N5OS. The molecule has 0 aliphatic rings. The van der Waals surface area contributed by atoms with Crippen LogP contribution in [0.25, 0.3) is 23.1 Å². The van der Waals surface area contributed by atoms with E-state index in [0.29, 0.717) is 22.5 Å². The predicted octanol–water partition coefficient (Wildman–Crippen LogP) is 2.15. The van der Waals surface area contributed by atoms with Gasteiger partial charge in [-0.1, -0.05) is 5.16 Å². The molecule has 0 aliphatic heterocycles. The summed E-state index contributed by atoms with van der Waals surface area (Å²) in [5.41, 5.74) is 6.64. The second kappa shape index (κ2) is 4.19. The van der Waals surface area contributed by atoms with Gasteiger partial charge >= 0.3 is 0 Å². The molecule has 18 heavy (non-hydrogen) atoms. The van der Waals surface area contributed by atoms with Crippen molar-refractivity contribution in [2.75, 3.05) is 5.73 Å². The van der Waals surface area contributed by atoms with E-state index in [4.69, 9.17) is 10.3 Å². The van der Waals surface area contributed by atoms with Gasteiger partial charge in [-0.25, -0.2) is 9.97 Å². The summed E-state index contributed by atoms with van der Waals surface area (Å²) in [6.07, 6.45) is 3.25. The zero-order valence-corrected chi connectivity index (χ0v) is 10.3. The number of anilines is 1. The molecule has 0 bridgehead atoms. The van der Waals surface area contributed by atoms with Crippen LogP contribution in [0.1, 0.15) is 4.88 Å². The third-order valence-corrected chi connectivity index (χ3v) is 3.19. The summed E-state index contributed by atoms with van der Waals surface area (Å²) in [7, 11) is 0. The van der Waals surface area contributed by atoms with Gasteiger partial charge in [0.1, 0.15) is 0 Å². The van der Waals surface area contributed by atoms with E-state index in [0.717, 1.165) is 10.4 Å². The van der Waals surface area contributed by atoms with E-state index in [9.17, 15) is 0 Å². The Hall–Kier alpha value is -2.28. The molecule has 0 aromatic carbocycles. The smallest absolute Gasteiger partial charge is 0.261 e. The Morgan fingerprint density at radius 3 is 2.67 bits per heavy atom. The van der Waals surface area contributed by atoms with Gasteiger partial charge in [0.15, 0.2) is 0 Å². The first-order chi connectivity index (χ1) is 8.74. The molecule has 3 aromatic rings. The maximum absolute atomic E-state index is 5.88. The van der Waals surface area contributed by atoms with Crippen LogP contribution in [0.4, 0.5) is 5.00 Å². The van der Waals surface area contributed by atoms with Crippen molar-refractivity contribution >= 4 is 16.3 Å². The molecule has 3 heterocycles. The van der Waals surface area contributed by atoms with Gasteiger partial charge in [-0.2, -0.15) is 4.98 Å². The summed E-state index contributed by atoms with van der Waals surface area (Å²) >= 11 is 1.49. The van der Waals surface area contributed by atoms with Gasteiger partial charge < -0.3 is 10.3 Å². The van der Waals surface area contributed by atoms with Crippen molar-refractivity contribution in [3.05, 3.63) is 29.4 Å². The first-order valence-corrected chi connectivity index (χ1v) is 6.03. The highest BCUT2D eigenvalue weighted by Gasteiger charge is 2.16. The number of aromatic nitrogens is 4. The minimum Gasteiger partial charge on any atom is -0.390 e. The van der Waals surface area contributed by atoms with Crippen molar-refractivity contribution in [2.24, 2.45) is 0 Å². The van der Waals surface area contributed by atoms with Crippen molar-refractivity contribution in [1.82, 2.24) is 20.1 Å². The normalized spacial score (nSPS) is 10.7. The van der Waals surface area contributed by atoms with Crippen molar-refractivity contribution in [3.8, 4) is 23.1 Å². The highest BCUT2D eigenvalue weighted by molar-refractivity contribution is 7.16. The van der Waals surface area contributed by atoms with Crippen LogP contribution >= 0.6 is 11.3 Å². The number of aryl methyl sites for hydroxylation is 1. The molecule has 3 rings (SSSR count). The molecule has 0 aliphatic carbocycles. The minimum absolute atomic E-state index is 0.355. The quantitative estimate of drug-likeness (QED) is 0.758. The van der Waals surface area contributed by atoms with Crippen LogP contribution in [-0.2, 0) is 0 Å². The van der Waals surface area contributed by atoms with Gasteiger partial charge in [0.2, 0.25) is 11.6 Å². The third-order valence-electron chi connectivity index (χ3n) is 2.31. The Bertz CT molecular complexity index is 676. The maximum Gasteiger partial charge on any atom is 0.261 e. The molecule has 0 atom stereocenters. The molecule has 7 heteroatoms. The van der Waals surface area contributed by atoms with Crippen LogP contribution in [0.3, 0.4) is 0 Å². The Morgan fingerprint density at radius 1 is 1.22 bits per heavy atom. The first-order valence-electron chi connectivity index (χ1n) is 5.21. The molecule has 0 saturated carbocycles. The number of hydrogen-bond donors (Lipinski definition) is 1. The van der Waals surface area contributed by atoms with E-state index < -0.39 is 0 Å². The largest absolute Gasteiger partial charge is 0.390 e. The number of thiophene rings is 1. The van der Waals surface area contributed by atoms with Crippen LogP contribution < -0.4 is 5.73 Å². The third kappa shape index (κ3) is 1.84. The van der Waals surface area contributed by atoms with Gasteiger partial charge in [-0.05, 0) is 19.1 Å². The summed E-state index contributed by atoms with van der Waals surface area (Å²) in [5.74, 6) is 1.17. The highest BCUT2D eigenvalue weighted by atomic mass is 32.1. The Kier molecular flexibility index (Phi) is 2.52. The summed E-state index contributed by atoms with van der Waals surface area (Å²) < 4.78 is 5.18. The van der Waals surface area contributed by atoms with Crippen LogP contribution in [0.5, 0.6) is 0 Å². The monoisotopic (exact) mass is 259 g/mol. The molecule has 0 fully saturated rings. The average Bonchev–Trinajstić information content (AvgIpc) is 2.97. The van der Waals surface area contributed by atoms with Crippen LogP contribution in [0.15, 0.2) is 29.0 Å². The van der Waals surface area contributed by atoms with Gasteiger partial charge in [0, 0.05) is 17.3 Å². The van der Waals surface area contributed by atoms with Crippen molar-refractivity contribution < 1.29 is 4.52 Å². The van der Waals surface area contributed by atoms with Crippen molar-refractivity contribution in [3.63, 3.8) is 0 Å². The topological polar surface area (TPSA) is 90.7 Å². The lowest BCUT2D eigenvalue weighted by Gasteiger charge is -1.90. The fourth-order valence-corrected chi connectivity index (χ4v) is 2.32. The zero-order chi connectivity index (χ0) is 12.5. The molecular weight excluding hydrogens is 250 g/mol. The lowest BCUT2D eigenvalue weighted by Crippen LogP contribution is -1.88. The number of nitrogens with zero attached hydrogens (tertiary/aromatic N) is 4. The predicted molar refractivity (Wildman–Crippen MR) is 67.8 cm³/mol. The Balaban J connectivity index is 2.02. The van der Waals surface area contributed by atoms with E-state index >= 15 is 0 Å². The molecule has 0 spiro atoms. The molecule has 6 nitrogen and oxygen atoms in total. The molecule has 90 valence electrons. The average molecular weight is 259 g/mol. The lowest BCUT2D eigenvalue weighted by atomic mass is 10.3. The highest BCUT2D eigenvalue weighted by Crippen LogP contribution is 2.32. The van der Waals surface area contributed by atoms with Crippen molar-refractivity contribution in [2.45, 2.75) is 6.92 Å². The molecule has 0 saturated heterocycles. The molecule has 3 aromatic heterocycles. The molecule has 0 amide bonds. The van der Waals surface area contributed by atoms with E-state index in [-0.39, 0.29) is 0 Å². The SMILES string of the molecule is Cc1cc(-c2nc(-c3ncccn3)no2)c(N)s1. The molecule has 2 N–H and O–H groups in total. The van der Waals surface area contributed by atoms with Crippen LogP contribution in [0.2, 0.25) is 0 Å². The second-order valence-electron chi connectivity index (χ2n) is 3.63. The first kappa shape index (κ1) is 10.8. The number of nitrogen functional groups attached to an aromatic ring is 1. The van der Waals surface area contributed by atoms with Gasteiger partial charge in [-0.3, -0.25) is 0 Å². The molecule has 0 unspecified atom stereocenters.